The third-order valence-corrected chi connectivity index (χ3v) is 10.3. The number of hydrogen-bond donors (Lipinski definition) is 1. The number of esters is 2. The molecule has 58 heavy (non-hydrogen) atoms. The number of nitrogens with zero attached hydrogens (tertiary/aromatic N) is 1. The summed E-state index contributed by atoms with van der Waals surface area (Å²) in [5.41, 5.74) is 0. The van der Waals surface area contributed by atoms with E-state index in [1.807, 2.05) is 51.5 Å². The van der Waals surface area contributed by atoms with Crippen LogP contribution in [0.4, 0.5) is 0 Å². The molecule has 0 bridgehead atoms. The zero-order chi connectivity index (χ0) is 42.8. The zero-order valence-electron chi connectivity index (χ0n) is 37.5. The lowest BCUT2D eigenvalue weighted by Crippen LogP contribution is -2.37. The second kappa shape index (κ2) is 39.9. The number of quaternary nitrogens is 1. The standard InChI is InChI=1S/C48H84NO8P/c1-6-8-10-12-14-16-18-20-22-23-24-25-27-28-30-32-34-36-38-40-47(50)54-44-46(45-56-58(52,53)55-43-42-49(3,4)5)57-48(51)41-39-37-35-33-31-29-26-21-19-17-15-13-11-9-7-2/h9,11,13-17,19-22,26,46H,6-8,10,12,18,23-25,27-45H2,1-5H3/p+1/b11-9+,15-13+,16-14+,19-17+,22-20+,26-21+/t46-/m1/s1. The van der Waals surface area contributed by atoms with Crippen LogP contribution in [0.3, 0.4) is 0 Å². The van der Waals surface area contributed by atoms with Crippen molar-refractivity contribution in [1.29, 1.82) is 0 Å². The lowest BCUT2D eigenvalue weighted by molar-refractivity contribution is -0.870. The second-order valence-electron chi connectivity index (χ2n) is 16.1. The molecule has 334 valence electrons. The summed E-state index contributed by atoms with van der Waals surface area (Å²) in [5, 5.41) is 0. The Hall–Kier alpha value is -2.55. The predicted octanol–water partition coefficient (Wildman–Crippen LogP) is 13.0. The van der Waals surface area contributed by atoms with Crippen molar-refractivity contribution in [2.75, 3.05) is 47.5 Å². The highest BCUT2D eigenvalue weighted by atomic mass is 31.2. The van der Waals surface area contributed by atoms with Gasteiger partial charge in [0, 0.05) is 12.8 Å². The third-order valence-electron chi connectivity index (χ3n) is 9.32. The van der Waals surface area contributed by atoms with Gasteiger partial charge in [0.25, 0.3) is 0 Å². The molecule has 0 rings (SSSR count). The molecule has 0 fully saturated rings. The SMILES string of the molecule is CC/C=C/C=C/C=C/C=C/CCCCCCCC(=O)O[C@H](COC(=O)CCCCCCCCCCC/C=C/C/C=C/CCCCC)COP(=O)(O)OCC[N+](C)(C)C. The smallest absolute Gasteiger partial charge is 0.462 e. The van der Waals surface area contributed by atoms with Crippen molar-refractivity contribution >= 4 is 19.8 Å². The van der Waals surface area contributed by atoms with Crippen LogP contribution in [0.2, 0.25) is 0 Å². The first-order chi connectivity index (χ1) is 28.0. The molecule has 0 heterocycles. The Morgan fingerprint density at radius 1 is 0.569 bits per heavy atom. The molecular weight excluding hydrogens is 750 g/mol. The van der Waals surface area contributed by atoms with Crippen LogP contribution in [0.25, 0.3) is 0 Å². The number of hydrogen-bond acceptors (Lipinski definition) is 7. The topological polar surface area (TPSA) is 108 Å². The van der Waals surface area contributed by atoms with E-state index in [0.717, 1.165) is 77.0 Å². The molecule has 0 radical (unpaired) electrons. The molecule has 1 unspecified atom stereocenters. The Bertz CT molecular complexity index is 1220. The second-order valence-corrected chi connectivity index (χ2v) is 17.6. The van der Waals surface area contributed by atoms with Crippen molar-refractivity contribution in [3.63, 3.8) is 0 Å². The van der Waals surface area contributed by atoms with Crippen LogP contribution < -0.4 is 0 Å². The number of phosphoric ester groups is 1. The molecule has 0 saturated heterocycles. The van der Waals surface area contributed by atoms with Crippen molar-refractivity contribution in [1.82, 2.24) is 0 Å². The van der Waals surface area contributed by atoms with Gasteiger partial charge in [-0.3, -0.25) is 18.6 Å². The Morgan fingerprint density at radius 3 is 1.60 bits per heavy atom. The van der Waals surface area contributed by atoms with E-state index in [-0.39, 0.29) is 32.0 Å². The van der Waals surface area contributed by atoms with Crippen molar-refractivity contribution in [3.05, 3.63) is 72.9 Å². The van der Waals surface area contributed by atoms with Crippen LogP contribution in [0.1, 0.15) is 168 Å². The Kier molecular flexibility index (Phi) is 38.1. The molecule has 2 atom stereocenters. The molecule has 10 heteroatoms. The average Bonchev–Trinajstić information content (AvgIpc) is 3.17. The largest absolute Gasteiger partial charge is 0.472 e. The summed E-state index contributed by atoms with van der Waals surface area (Å²) in [6.45, 7) is 4.21. The van der Waals surface area contributed by atoms with Gasteiger partial charge in [-0.15, -0.1) is 0 Å². The van der Waals surface area contributed by atoms with Crippen LogP contribution in [0.15, 0.2) is 72.9 Å². The molecule has 0 aliphatic carbocycles. The van der Waals surface area contributed by atoms with E-state index in [2.05, 4.69) is 56.4 Å². The summed E-state index contributed by atoms with van der Waals surface area (Å²) in [6.07, 6.45) is 49.4. The van der Waals surface area contributed by atoms with Crippen molar-refractivity contribution < 1.29 is 42.1 Å². The summed E-state index contributed by atoms with van der Waals surface area (Å²) in [5.74, 6) is -0.836. The minimum atomic E-state index is -4.39. The molecule has 0 saturated carbocycles. The first kappa shape index (κ1) is 55.5. The van der Waals surface area contributed by atoms with E-state index in [4.69, 9.17) is 18.5 Å². The molecule has 0 aliphatic heterocycles. The van der Waals surface area contributed by atoms with E-state index in [0.29, 0.717) is 17.4 Å². The number of carbonyl (C=O) groups is 2. The summed E-state index contributed by atoms with van der Waals surface area (Å²) >= 11 is 0. The first-order valence-electron chi connectivity index (χ1n) is 22.7. The van der Waals surface area contributed by atoms with Crippen LogP contribution in [0.5, 0.6) is 0 Å². The van der Waals surface area contributed by atoms with Gasteiger partial charge in [-0.05, 0) is 64.2 Å². The van der Waals surface area contributed by atoms with Gasteiger partial charge in [0.15, 0.2) is 6.10 Å². The van der Waals surface area contributed by atoms with Crippen LogP contribution in [-0.2, 0) is 32.7 Å². The summed E-state index contributed by atoms with van der Waals surface area (Å²) in [4.78, 5) is 35.4. The van der Waals surface area contributed by atoms with E-state index in [1.54, 1.807) is 0 Å². The normalized spacial score (nSPS) is 14.2. The Balaban J connectivity index is 4.37. The molecule has 0 spiro atoms. The summed E-state index contributed by atoms with van der Waals surface area (Å²) in [6, 6.07) is 0. The molecule has 0 amide bonds. The zero-order valence-corrected chi connectivity index (χ0v) is 38.4. The average molecular weight is 835 g/mol. The lowest BCUT2D eigenvalue weighted by Gasteiger charge is -2.24. The molecular formula is C48H85NO8P+. The van der Waals surface area contributed by atoms with Gasteiger partial charge in [0.05, 0.1) is 27.7 Å². The Labute approximate surface area is 355 Å². The monoisotopic (exact) mass is 835 g/mol. The molecule has 0 aliphatic rings. The predicted molar refractivity (Wildman–Crippen MR) is 242 cm³/mol. The fourth-order valence-corrected chi connectivity index (χ4v) is 6.50. The first-order valence-corrected chi connectivity index (χ1v) is 24.2. The van der Waals surface area contributed by atoms with Crippen molar-refractivity contribution in [2.45, 2.75) is 174 Å². The van der Waals surface area contributed by atoms with Crippen molar-refractivity contribution in [3.8, 4) is 0 Å². The number of carbonyl (C=O) groups excluding carboxylic acids is 2. The summed E-state index contributed by atoms with van der Waals surface area (Å²) in [7, 11) is 1.44. The van der Waals surface area contributed by atoms with Gasteiger partial charge in [0.1, 0.15) is 19.8 Å². The van der Waals surface area contributed by atoms with Gasteiger partial charge in [-0.25, -0.2) is 4.57 Å². The molecule has 0 aromatic carbocycles. The number of allylic oxidation sites excluding steroid dienone is 12. The van der Waals surface area contributed by atoms with E-state index < -0.39 is 26.5 Å². The Morgan fingerprint density at radius 2 is 1.05 bits per heavy atom. The van der Waals surface area contributed by atoms with Gasteiger partial charge in [-0.1, -0.05) is 164 Å². The summed E-state index contributed by atoms with van der Waals surface area (Å²) < 4.78 is 34.3. The minimum Gasteiger partial charge on any atom is -0.462 e. The number of ether oxygens (including phenoxy) is 2. The van der Waals surface area contributed by atoms with Crippen LogP contribution in [-0.4, -0.2) is 74.9 Å². The number of phosphoric acid groups is 1. The lowest BCUT2D eigenvalue weighted by atomic mass is 10.1. The fraction of sp³-hybridized carbons (Fsp3) is 0.708. The molecule has 9 nitrogen and oxygen atoms in total. The molecule has 0 aromatic heterocycles. The highest BCUT2D eigenvalue weighted by Gasteiger charge is 2.27. The van der Waals surface area contributed by atoms with Crippen molar-refractivity contribution in [2.24, 2.45) is 0 Å². The highest BCUT2D eigenvalue weighted by molar-refractivity contribution is 7.47. The number of unbranched alkanes of at least 4 members (excludes halogenated alkanes) is 17. The number of rotatable bonds is 40. The molecule has 0 aromatic rings. The van der Waals surface area contributed by atoms with Gasteiger partial charge in [0.2, 0.25) is 0 Å². The van der Waals surface area contributed by atoms with Crippen LogP contribution >= 0.6 is 7.82 Å². The van der Waals surface area contributed by atoms with Gasteiger partial charge < -0.3 is 18.9 Å². The highest BCUT2D eigenvalue weighted by Crippen LogP contribution is 2.43. The third kappa shape index (κ3) is 43.0. The quantitative estimate of drug-likeness (QED) is 0.0162. The maximum Gasteiger partial charge on any atom is 0.472 e. The van der Waals surface area contributed by atoms with Gasteiger partial charge >= 0.3 is 19.8 Å². The minimum absolute atomic E-state index is 0.0222. The maximum atomic E-state index is 12.7. The van der Waals surface area contributed by atoms with Gasteiger partial charge in [-0.2, -0.15) is 0 Å². The van der Waals surface area contributed by atoms with Crippen LogP contribution in [0, 0.1) is 0 Å². The fourth-order valence-electron chi connectivity index (χ4n) is 5.76. The van der Waals surface area contributed by atoms with E-state index >= 15 is 0 Å². The molecule has 1 N–H and O–H groups in total. The maximum absolute atomic E-state index is 12.7. The van der Waals surface area contributed by atoms with E-state index in [1.165, 1.54) is 57.8 Å². The number of likely N-dealkylation sites (N-methyl/N-ethyl adjacent to an activating group) is 1. The van der Waals surface area contributed by atoms with E-state index in [9.17, 15) is 19.0 Å².